The molecule has 0 aliphatic carbocycles. The van der Waals surface area contributed by atoms with Crippen molar-refractivity contribution in [2.45, 2.75) is 26.3 Å². The molecule has 0 bridgehead atoms. The van der Waals surface area contributed by atoms with E-state index in [2.05, 4.69) is 30.9 Å². The van der Waals surface area contributed by atoms with Gasteiger partial charge < -0.3 is 9.47 Å². The zero-order valence-corrected chi connectivity index (χ0v) is 12.6. The predicted octanol–water partition coefficient (Wildman–Crippen LogP) is 3.20. The first kappa shape index (κ1) is 13.5. The van der Waals surface area contributed by atoms with Gasteiger partial charge in [-0.1, -0.05) is 19.9 Å². The first-order valence-corrected chi connectivity index (χ1v) is 7.50. The van der Waals surface area contributed by atoms with Crippen LogP contribution in [0.2, 0.25) is 0 Å². The van der Waals surface area contributed by atoms with Crippen LogP contribution in [-0.4, -0.2) is 37.7 Å². The van der Waals surface area contributed by atoms with Gasteiger partial charge in [0.25, 0.3) is 0 Å². The van der Waals surface area contributed by atoms with Crippen LogP contribution in [0.25, 0.3) is 5.57 Å². The molecule has 2 aliphatic heterocycles. The summed E-state index contributed by atoms with van der Waals surface area (Å²) in [4.78, 5) is 2.56. The van der Waals surface area contributed by atoms with Gasteiger partial charge in [-0.3, -0.25) is 4.90 Å². The summed E-state index contributed by atoms with van der Waals surface area (Å²) in [5.74, 6) is 2.47. The van der Waals surface area contributed by atoms with Gasteiger partial charge in [0, 0.05) is 12.1 Å². The van der Waals surface area contributed by atoms with E-state index in [1.165, 1.54) is 17.6 Å². The molecule has 20 heavy (non-hydrogen) atoms. The van der Waals surface area contributed by atoms with Crippen molar-refractivity contribution in [3.8, 4) is 11.5 Å². The number of fused-ring (bicyclic) bond motifs is 3. The Hall–Kier alpha value is -1.48. The van der Waals surface area contributed by atoms with Crippen LogP contribution in [0.15, 0.2) is 24.3 Å². The summed E-state index contributed by atoms with van der Waals surface area (Å²) in [5, 5.41) is 0. The van der Waals surface area contributed by atoms with E-state index in [0.717, 1.165) is 31.2 Å². The van der Waals surface area contributed by atoms with Crippen molar-refractivity contribution >= 4 is 5.57 Å². The third kappa shape index (κ3) is 2.31. The number of nitrogens with zero attached hydrogens (tertiary/aromatic N) is 1. The van der Waals surface area contributed by atoms with E-state index in [1.807, 2.05) is 12.1 Å². The fourth-order valence-corrected chi connectivity index (χ4v) is 3.32. The van der Waals surface area contributed by atoms with E-state index in [0.29, 0.717) is 12.0 Å². The maximum absolute atomic E-state index is 5.97. The second-order valence-corrected chi connectivity index (χ2v) is 5.78. The van der Waals surface area contributed by atoms with Crippen molar-refractivity contribution in [1.29, 1.82) is 0 Å². The standard InChI is InChI=1S/C17H23NO2/c1-4-7-18-10-12(2)8-14-15-9-13(19-3)5-6-17(15)20-11-16(14)18/h5-6,8-9,12,16H,4,7,10-11H2,1-3H3. The smallest absolute Gasteiger partial charge is 0.127 e. The summed E-state index contributed by atoms with van der Waals surface area (Å²) < 4.78 is 11.3. The van der Waals surface area contributed by atoms with Gasteiger partial charge in [0.2, 0.25) is 0 Å². The van der Waals surface area contributed by atoms with Crippen LogP contribution in [0.1, 0.15) is 25.8 Å². The minimum Gasteiger partial charge on any atom is -0.497 e. The molecule has 1 aromatic carbocycles. The molecule has 3 heteroatoms. The zero-order chi connectivity index (χ0) is 14.1. The number of methoxy groups -OCH3 is 1. The van der Waals surface area contributed by atoms with Gasteiger partial charge in [0.15, 0.2) is 0 Å². The molecular formula is C17H23NO2. The molecule has 0 saturated heterocycles. The summed E-state index contributed by atoms with van der Waals surface area (Å²) in [6.07, 6.45) is 3.60. The lowest BCUT2D eigenvalue weighted by Gasteiger charge is -2.41. The molecule has 0 spiro atoms. The fraction of sp³-hybridized carbons (Fsp3) is 0.529. The van der Waals surface area contributed by atoms with Crippen LogP contribution in [0.4, 0.5) is 0 Å². The number of benzene rings is 1. The number of rotatable bonds is 3. The molecule has 0 radical (unpaired) electrons. The predicted molar refractivity (Wildman–Crippen MR) is 81.3 cm³/mol. The molecule has 0 N–H and O–H groups in total. The van der Waals surface area contributed by atoms with Crippen LogP contribution in [0, 0.1) is 5.92 Å². The van der Waals surface area contributed by atoms with E-state index in [4.69, 9.17) is 9.47 Å². The molecule has 108 valence electrons. The number of hydrogen-bond donors (Lipinski definition) is 0. The molecule has 1 aromatic rings. The summed E-state index contributed by atoms with van der Waals surface area (Å²) in [6.45, 7) is 7.56. The van der Waals surface area contributed by atoms with Crippen LogP contribution in [-0.2, 0) is 0 Å². The summed E-state index contributed by atoms with van der Waals surface area (Å²) >= 11 is 0. The SMILES string of the molecule is CCCN1CC(C)C=C2c3cc(OC)ccc3OCC21. The topological polar surface area (TPSA) is 21.7 Å². The summed E-state index contributed by atoms with van der Waals surface area (Å²) in [5.41, 5.74) is 2.62. The molecule has 0 fully saturated rings. The van der Waals surface area contributed by atoms with Crippen LogP contribution >= 0.6 is 0 Å². The second kappa shape index (κ2) is 5.49. The lowest BCUT2D eigenvalue weighted by Crippen LogP contribution is -2.47. The largest absolute Gasteiger partial charge is 0.497 e. The van der Waals surface area contributed by atoms with Crippen molar-refractivity contribution in [3.63, 3.8) is 0 Å². The summed E-state index contributed by atoms with van der Waals surface area (Å²) in [6, 6.07) is 6.49. The van der Waals surface area contributed by atoms with Gasteiger partial charge in [-0.2, -0.15) is 0 Å². The van der Waals surface area contributed by atoms with Crippen LogP contribution in [0.5, 0.6) is 11.5 Å². The monoisotopic (exact) mass is 273 g/mol. The first-order valence-electron chi connectivity index (χ1n) is 7.50. The summed E-state index contributed by atoms with van der Waals surface area (Å²) in [7, 11) is 1.71. The van der Waals surface area contributed by atoms with Gasteiger partial charge >= 0.3 is 0 Å². The molecular weight excluding hydrogens is 250 g/mol. The second-order valence-electron chi connectivity index (χ2n) is 5.78. The molecule has 2 unspecified atom stereocenters. The van der Waals surface area contributed by atoms with E-state index in [1.54, 1.807) is 7.11 Å². The van der Waals surface area contributed by atoms with Crippen molar-refractivity contribution in [2.24, 2.45) is 5.92 Å². The molecule has 2 aliphatic rings. The van der Waals surface area contributed by atoms with Crippen molar-refractivity contribution in [2.75, 3.05) is 26.8 Å². The van der Waals surface area contributed by atoms with Crippen molar-refractivity contribution in [1.82, 2.24) is 4.90 Å². The zero-order valence-electron chi connectivity index (χ0n) is 12.6. The Morgan fingerprint density at radius 2 is 2.25 bits per heavy atom. The third-order valence-corrected chi connectivity index (χ3v) is 4.19. The highest BCUT2D eigenvalue weighted by molar-refractivity contribution is 5.77. The lowest BCUT2D eigenvalue weighted by molar-refractivity contribution is 0.143. The van der Waals surface area contributed by atoms with Gasteiger partial charge in [-0.05, 0) is 42.7 Å². The van der Waals surface area contributed by atoms with Gasteiger partial charge in [-0.25, -0.2) is 0 Å². The molecule has 2 heterocycles. The van der Waals surface area contributed by atoms with Gasteiger partial charge in [0.05, 0.1) is 13.2 Å². The minimum absolute atomic E-state index is 0.394. The van der Waals surface area contributed by atoms with Crippen LogP contribution in [0.3, 0.4) is 0 Å². The molecule has 3 nitrogen and oxygen atoms in total. The van der Waals surface area contributed by atoms with Crippen molar-refractivity contribution < 1.29 is 9.47 Å². The number of ether oxygens (including phenoxy) is 2. The Kier molecular flexibility index (Phi) is 3.70. The molecule has 0 saturated carbocycles. The Labute approximate surface area is 121 Å². The first-order chi connectivity index (χ1) is 9.72. The van der Waals surface area contributed by atoms with Gasteiger partial charge in [0.1, 0.15) is 18.1 Å². The minimum atomic E-state index is 0.394. The maximum atomic E-state index is 5.97. The normalized spacial score (nSPS) is 25.2. The molecule has 3 rings (SSSR count). The highest BCUT2D eigenvalue weighted by atomic mass is 16.5. The maximum Gasteiger partial charge on any atom is 0.127 e. The number of hydrogen-bond acceptors (Lipinski definition) is 3. The van der Waals surface area contributed by atoms with E-state index >= 15 is 0 Å². The average Bonchev–Trinajstić information content (AvgIpc) is 2.46. The average molecular weight is 273 g/mol. The third-order valence-electron chi connectivity index (χ3n) is 4.19. The Balaban J connectivity index is 2.01. The van der Waals surface area contributed by atoms with Crippen molar-refractivity contribution in [3.05, 3.63) is 29.8 Å². The quantitative estimate of drug-likeness (QED) is 0.844. The Morgan fingerprint density at radius 1 is 1.40 bits per heavy atom. The lowest BCUT2D eigenvalue weighted by atomic mass is 9.87. The Bertz CT molecular complexity index is 524. The van der Waals surface area contributed by atoms with E-state index < -0.39 is 0 Å². The van der Waals surface area contributed by atoms with E-state index in [-0.39, 0.29) is 0 Å². The highest BCUT2D eigenvalue weighted by Gasteiger charge is 2.33. The fourth-order valence-electron chi connectivity index (χ4n) is 3.32. The highest BCUT2D eigenvalue weighted by Crippen LogP contribution is 2.40. The van der Waals surface area contributed by atoms with E-state index in [9.17, 15) is 0 Å². The molecule has 0 amide bonds. The molecule has 0 aromatic heterocycles. The van der Waals surface area contributed by atoms with Gasteiger partial charge in [-0.15, -0.1) is 0 Å². The van der Waals surface area contributed by atoms with Crippen LogP contribution < -0.4 is 9.47 Å². The Morgan fingerprint density at radius 3 is 3.00 bits per heavy atom. The molecule has 2 atom stereocenters.